The fraction of sp³-hybridized carbons (Fsp3) is 0.174. The summed E-state index contributed by atoms with van der Waals surface area (Å²) < 4.78 is 37.7. The highest BCUT2D eigenvalue weighted by Crippen LogP contribution is 2.24. The van der Waals surface area contributed by atoms with E-state index in [2.05, 4.69) is 9.71 Å². The Labute approximate surface area is 191 Å². The van der Waals surface area contributed by atoms with Crippen LogP contribution in [0.4, 0.5) is 5.69 Å². The molecule has 2 aliphatic heterocycles. The molecule has 2 aromatic carbocycles. The Morgan fingerprint density at radius 2 is 1.79 bits per heavy atom. The van der Waals surface area contributed by atoms with E-state index in [-0.39, 0.29) is 23.7 Å². The van der Waals surface area contributed by atoms with Crippen molar-refractivity contribution in [3.05, 3.63) is 84.1 Å². The zero-order chi connectivity index (χ0) is 23.4. The second-order valence-electron chi connectivity index (χ2n) is 7.26. The molecule has 1 amide bonds. The van der Waals surface area contributed by atoms with Crippen molar-refractivity contribution >= 4 is 33.4 Å². The van der Waals surface area contributed by atoms with Crippen molar-refractivity contribution in [1.29, 1.82) is 0 Å². The SMILES string of the molecule is COc1ccc(NC(=O)[C@@H](OC(=O)C2=CN3CCS(=O)(=O)N=C3C=C2)c2ccccc2)cc1. The number of hydrogen-bond acceptors (Lipinski definition) is 7. The molecule has 0 aromatic heterocycles. The maximum absolute atomic E-state index is 13.0. The second kappa shape index (κ2) is 9.29. The van der Waals surface area contributed by atoms with E-state index in [1.165, 1.54) is 18.4 Å². The highest BCUT2D eigenvalue weighted by molar-refractivity contribution is 7.90. The largest absolute Gasteiger partial charge is 0.497 e. The normalized spacial score (nSPS) is 17.2. The van der Waals surface area contributed by atoms with Gasteiger partial charge >= 0.3 is 5.97 Å². The summed E-state index contributed by atoms with van der Waals surface area (Å²) >= 11 is 0. The molecule has 2 heterocycles. The van der Waals surface area contributed by atoms with Gasteiger partial charge in [-0.05, 0) is 36.4 Å². The first kappa shape index (κ1) is 22.3. The van der Waals surface area contributed by atoms with Gasteiger partial charge in [-0.2, -0.15) is 0 Å². The lowest BCUT2D eigenvalue weighted by Gasteiger charge is -2.27. The summed E-state index contributed by atoms with van der Waals surface area (Å²) in [4.78, 5) is 27.5. The highest BCUT2D eigenvalue weighted by atomic mass is 32.2. The van der Waals surface area contributed by atoms with Crippen molar-refractivity contribution in [3.63, 3.8) is 0 Å². The van der Waals surface area contributed by atoms with Crippen molar-refractivity contribution in [2.75, 3.05) is 24.7 Å². The molecule has 0 aliphatic carbocycles. The Balaban J connectivity index is 1.53. The number of amidine groups is 1. The van der Waals surface area contributed by atoms with Gasteiger partial charge in [-0.15, -0.1) is 4.40 Å². The van der Waals surface area contributed by atoms with Gasteiger partial charge in [-0.25, -0.2) is 13.2 Å². The molecule has 0 fully saturated rings. The molecule has 0 bridgehead atoms. The van der Waals surface area contributed by atoms with Crippen LogP contribution in [0.25, 0.3) is 0 Å². The molecule has 33 heavy (non-hydrogen) atoms. The zero-order valence-electron chi connectivity index (χ0n) is 17.7. The van der Waals surface area contributed by atoms with Crippen molar-refractivity contribution in [2.45, 2.75) is 6.10 Å². The van der Waals surface area contributed by atoms with Gasteiger partial charge in [0, 0.05) is 24.0 Å². The number of rotatable bonds is 6. The predicted molar refractivity (Wildman–Crippen MR) is 122 cm³/mol. The van der Waals surface area contributed by atoms with Crippen LogP contribution in [-0.4, -0.2) is 50.4 Å². The number of methoxy groups -OCH3 is 1. The van der Waals surface area contributed by atoms with E-state index in [4.69, 9.17) is 9.47 Å². The van der Waals surface area contributed by atoms with Crippen LogP contribution in [0.3, 0.4) is 0 Å². The molecule has 0 unspecified atom stereocenters. The van der Waals surface area contributed by atoms with Crippen molar-refractivity contribution in [2.24, 2.45) is 4.40 Å². The Hall–Kier alpha value is -3.92. The minimum atomic E-state index is -3.50. The van der Waals surface area contributed by atoms with Crippen molar-refractivity contribution in [1.82, 2.24) is 4.90 Å². The van der Waals surface area contributed by atoms with E-state index < -0.39 is 28.0 Å². The molecular formula is C23H21N3O6S. The lowest BCUT2D eigenvalue weighted by molar-refractivity contribution is -0.150. The molecule has 0 saturated heterocycles. The summed E-state index contributed by atoms with van der Waals surface area (Å²) in [5.41, 5.74) is 1.19. The van der Waals surface area contributed by atoms with Crippen LogP contribution < -0.4 is 10.1 Å². The Morgan fingerprint density at radius 3 is 2.48 bits per heavy atom. The molecule has 0 saturated carbocycles. The maximum atomic E-state index is 13.0. The quantitative estimate of drug-likeness (QED) is 0.649. The minimum absolute atomic E-state index is 0.153. The molecule has 0 spiro atoms. The molecular weight excluding hydrogens is 446 g/mol. The predicted octanol–water partition coefficient (Wildman–Crippen LogP) is 2.42. The van der Waals surface area contributed by atoms with Crippen LogP contribution in [0.5, 0.6) is 5.75 Å². The van der Waals surface area contributed by atoms with Crippen LogP contribution in [0.15, 0.2) is 82.9 Å². The topological polar surface area (TPSA) is 114 Å². The zero-order valence-corrected chi connectivity index (χ0v) is 18.5. The number of hydrogen-bond donors (Lipinski definition) is 1. The van der Waals surface area contributed by atoms with Crippen molar-refractivity contribution in [3.8, 4) is 5.75 Å². The van der Waals surface area contributed by atoms with E-state index in [0.717, 1.165) is 0 Å². The first-order chi connectivity index (χ1) is 15.8. The number of amides is 1. The first-order valence-corrected chi connectivity index (χ1v) is 11.7. The lowest BCUT2D eigenvalue weighted by Crippen LogP contribution is -2.37. The molecule has 9 nitrogen and oxygen atoms in total. The number of carbonyl (C=O) groups excluding carboxylic acids is 2. The van der Waals surface area contributed by atoms with Crippen molar-refractivity contribution < 1.29 is 27.5 Å². The number of esters is 1. The monoisotopic (exact) mass is 467 g/mol. The maximum Gasteiger partial charge on any atom is 0.340 e. The molecule has 4 rings (SSSR count). The lowest BCUT2D eigenvalue weighted by atomic mass is 10.1. The summed E-state index contributed by atoms with van der Waals surface area (Å²) in [6, 6.07) is 15.4. The summed E-state index contributed by atoms with van der Waals surface area (Å²) in [5, 5.41) is 2.75. The summed E-state index contributed by atoms with van der Waals surface area (Å²) in [7, 11) is -1.96. The number of nitrogens with one attached hydrogen (secondary N) is 1. The van der Waals surface area contributed by atoms with Crippen LogP contribution in [0.2, 0.25) is 0 Å². The molecule has 1 atom stereocenters. The van der Waals surface area contributed by atoms with Gasteiger partial charge in [0.05, 0.1) is 18.4 Å². The third-order valence-corrected chi connectivity index (χ3v) is 6.15. The van der Waals surface area contributed by atoms with Gasteiger partial charge in [0.2, 0.25) is 6.10 Å². The molecule has 0 radical (unpaired) electrons. The van der Waals surface area contributed by atoms with Gasteiger partial charge in [0.15, 0.2) is 0 Å². The van der Waals surface area contributed by atoms with Gasteiger partial charge in [0.25, 0.3) is 15.9 Å². The highest BCUT2D eigenvalue weighted by Gasteiger charge is 2.29. The molecule has 10 heteroatoms. The van der Waals surface area contributed by atoms with Crippen LogP contribution >= 0.6 is 0 Å². The Bertz CT molecular complexity index is 1250. The standard InChI is InChI=1S/C23H21N3O6S/c1-31-19-10-8-18(9-11-19)24-22(27)21(16-5-3-2-4-6-16)32-23(28)17-7-12-20-25-33(29,30)14-13-26(20)15-17/h2-12,15,21H,13-14H2,1H3,(H,24,27)/t21-/m0/s1. The van der Waals surface area contributed by atoms with Gasteiger partial charge in [-0.1, -0.05) is 30.3 Å². The van der Waals surface area contributed by atoms with Gasteiger partial charge in [0.1, 0.15) is 11.6 Å². The Morgan fingerprint density at radius 1 is 1.06 bits per heavy atom. The van der Waals surface area contributed by atoms with E-state index in [0.29, 0.717) is 17.0 Å². The van der Waals surface area contributed by atoms with E-state index in [1.54, 1.807) is 66.6 Å². The van der Waals surface area contributed by atoms with E-state index in [1.807, 2.05) is 0 Å². The summed E-state index contributed by atoms with van der Waals surface area (Å²) in [6.45, 7) is 0.169. The second-order valence-corrected chi connectivity index (χ2v) is 9.02. The minimum Gasteiger partial charge on any atom is -0.497 e. The molecule has 2 aliphatic rings. The third-order valence-electron chi connectivity index (χ3n) is 4.98. The van der Waals surface area contributed by atoms with Crippen LogP contribution in [0.1, 0.15) is 11.7 Å². The average Bonchev–Trinajstić information content (AvgIpc) is 2.82. The Kier molecular flexibility index (Phi) is 6.27. The molecule has 170 valence electrons. The number of nitrogens with zero attached hydrogens (tertiary/aromatic N) is 2. The number of fused-ring (bicyclic) bond motifs is 1. The number of carbonyl (C=O) groups is 2. The number of sulfonamides is 1. The van der Waals surface area contributed by atoms with E-state index in [9.17, 15) is 18.0 Å². The molecule has 2 aromatic rings. The first-order valence-electron chi connectivity index (χ1n) is 10.0. The van der Waals surface area contributed by atoms with E-state index >= 15 is 0 Å². The van der Waals surface area contributed by atoms with Crippen LogP contribution in [-0.2, 0) is 24.3 Å². The van der Waals surface area contributed by atoms with Gasteiger partial charge < -0.3 is 19.7 Å². The fourth-order valence-corrected chi connectivity index (χ4v) is 4.25. The average molecular weight is 468 g/mol. The van der Waals surface area contributed by atoms with Crippen LogP contribution in [0, 0.1) is 0 Å². The smallest absolute Gasteiger partial charge is 0.340 e. The summed E-state index contributed by atoms with van der Waals surface area (Å²) in [5.74, 6) is -0.526. The third kappa shape index (κ3) is 5.29. The number of ether oxygens (including phenoxy) is 2. The van der Waals surface area contributed by atoms with Gasteiger partial charge in [-0.3, -0.25) is 4.79 Å². The fourth-order valence-electron chi connectivity index (χ4n) is 3.28. The number of anilines is 1. The molecule has 1 N–H and O–H groups in total. The number of benzene rings is 2. The summed E-state index contributed by atoms with van der Waals surface area (Å²) in [6.07, 6.45) is 3.12.